The summed E-state index contributed by atoms with van der Waals surface area (Å²) < 4.78 is 5.36. The van der Waals surface area contributed by atoms with Gasteiger partial charge in [0.2, 0.25) is 0 Å². The Morgan fingerprint density at radius 2 is 1.92 bits per heavy atom. The summed E-state index contributed by atoms with van der Waals surface area (Å²) in [5.41, 5.74) is 4.32. The van der Waals surface area contributed by atoms with Crippen LogP contribution in [0.1, 0.15) is 40.2 Å². The van der Waals surface area contributed by atoms with Crippen LogP contribution in [-0.2, 0) is 0 Å². The van der Waals surface area contributed by atoms with Crippen LogP contribution >= 0.6 is 0 Å². The topological polar surface area (TPSA) is 45.3 Å². The molecule has 26 heavy (non-hydrogen) atoms. The van der Waals surface area contributed by atoms with Gasteiger partial charge in [0.15, 0.2) is 0 Å². The molecule has 2 heterocycles. The number of likely N-dealkylation sites (tertiary alicyclic amines) is 1. The molecular weight excluding hydrogens is 324 g/mol. The molecule has 0 spiro atoms. The highest BCUT2D eigenvalue weighted by Gasteiger charge is 2.26. The number of para-hydroxylation sites is 1. The lowest BCUT2D eigenvalue weighted by Gasteiger charge is -2.32. The Hall–Kier alpha value is -2.75. The minimum atomic E-state index is 0.0978. The fraction of sp³-hybridized carbons (Fsp3) is 0.318. The van der Waals surface area contributed by atoms with Crippen molar-refractivity contribution in [3.63, 3.8) is 0 Å². The minimum absolute atomic E-state index is 0.0978. The van der Waals surface area contributed by atoms with Crippen LogP contribution in [0.25, 0.3) is 10.9 Å². The Balaban J connectivity index is 1.47. The number of rotatable bonds is 3. The first kappa shape index (κ1) is 16.7. The van der Waals surface area contributed by atoms with Gasteiger partial charge in [-0.1, -0.05) is 24.3 Å². The second kappa shape index (κ2) is 6.87. The molecule has 134 valence electrons. The third-order valence-corrected chi connectivity index (χ3v) is 5.50. The average molecular weight is 348 g/mol. The molecule has 3 aromatic rings. The van der Waals surface area contributed by atoms with Crippen molar-refractivity contribution < 1.29 is 9.53 Å². The first-order valence-corrected chi connectivity index (χ1v) is 9.17. The van der Waals surface area contributed by atoms with Crippen LogP contribution in [-0.4, -0.2) is 36.0 Å². The van der Waals surface area contributed by atoms with Gasteiger partial charge in [-0.25, -0.2) is 0 Å². The standard InChI is InChI=1S/C22H24N2O2/c1-15-7-8-17(13-21(15)26-2)22(25)24-11-9-16(10-12-24)19-14-23-20-6-4-3-5-18(19)20/h3-8,13-14,16,23H,9-12H2,1-2H3. The van der Waals surface area contributed by atoms with Gasteiger partial charge in [0.25, 0.3) is 5.91 Å². The number of fused-ring (bicyclic) bond motifs is 1. The van der Waals surface area contributed by atoms with E-state index in [1.54, 1.807) is 7.11 Å². The fourth-order valence-corrected chi connectivity index (χ4v) is 3.96. The predicted octanol–water partition coefficient (Wildman–Crippen LogP) is 4.50. The van der Waals surface area contributed by atoms with E-state index in [1.165, 1.54) is 16.5 Å². The van der Waals surface area contributed by atoms with Crippen LogP contribution in [0, 0.1) is 6.92 Å². The molecule has 4 heteroatoms. The number of ether oxygens (including phenoxy) is 1. The van der Waals surface area contributed by atoms with E-state index in [9.17, 15) is 4.79 Å². The number of carbonyl (C=O) groups is 1. The smallest absolute Gasteiger partial charge is 0.253 e. The van der Waals surface area contributed by atoms with Crippen molar-refractivity contribution in [2.24, 2.45) is 0 Å². The van der Waals surface area contributed by atoms with E-state index in [-0.39, 0.29) is 5.91 Å². The summed E-state index contributed by atoms with van der Waals surface area (Å²) >= 11 is 0. The number of nitrogens with zero attached hydrogens (tertiary/aromatic N) is 1. The molecule has 1 aromatic heterocycles. The van der Waals surface area contributed by atoms with Gasteiger partial charge in [0.05, 0.1) is 7.11 Å². The van der Waals surface area contributed by atoms with Crippen LogP contribution in [0.15, 0.2) is 48.7 Å². The number of aromatic amines is 1. The molecule has 1 N–H and O–H groups in total. The van der Waals surface area contributed by atoms with Crippen molar-refractivity contribution >= 4 is 16.8 Å². The number of carbonyl (C=O) groups excluding carboxylic acids is 1. The molecule has 1 fully saturated rings. The Morgan fingerprint density at radius 1 is 1.15 bits per heavy atom. The number of hydrogen-bond acceptors (Lipinski definition) is 2. The number of amides is 1. The van der Waals surface area contributed by atoms with E-state index in [2.05, 4.69) is 35.4 Å². The first-order valence-electron chi connectivity index (χ1n) is 9.17. The molecule has 0 aliphatic carbocycles. The molecule has 1 aliphatic rings. The summed E-state index contributed by atoms with van der Waals surface area (Å²) in [5.74, 6) is 1.37. The molecule has 2 aromatic carbocycles. The second-order valence-electron chi connectivity index (χ2n) is 7.04. The normalized spacial score (nSPS) is 15.4. The molecule has 4 rings (SSSR count). The van der Waals surface area contributed by atoms with Crippen LogP contribution < -0.4 is 4.74 Å². The van der Waals surface area contributed by atoms with E-state index in [0.717, 1.165) is 37.2 Å². The van der Waals surface area contributed by atoms with Gasteiger partial charge >= 0.3 is 0 Å². The van der Waals surface area contributed by atoms with Gasteiger partial charge in [-0.2, -0.15) is 0 Å². The average Bonchev–Trinajstić information content (AvgIpc) is 3.12. The Morgan fingerprint density at radius 3 is 2.69 bits per heavy atom. The van der Waals surface area contributed by atoms with E-state index in [4.69, 9.17) is 4.74 Å². The van der Waals surface area contributed by atoms with Gasteiger partial charge in [0.1, 0.15) is 5.75 Å². The molecule has 1 aliphatic heterocycles. The molecule has 1 saturated heterocycles. The maximum atomic E-state index is 12.8. The molecule has 0 bridgehead atoms. The molecule has 0 unspecified atom stereocenters. The summed E-state index contributed by atoms with van der Waals surface area (Å²) in [6, 6.07) is 14.1. The molecule has 0 atom stereocenters. The molecule has 1 amide bonds. The lowest BCUT2D eigenvalue weighted by Crippen LogP contribution is -2.37. The van der Waals surface area contributed by atoms with Crippen LogP contribution in [0.4, 0.5) is 0 Å². The second-order valence-corrected chi connectivity index (χ2v) is 7.04. The molecule has 0 saturated carbocycles. The molecule has 0 radical (unpaired) electrons. The quantitative estimate of drug-likeness (QED) is 0.757. The molecule has 4 nitrogen and oxygen atoms in total. The Kier molecular flexibility index (Phi) is 4.41. The zero-order chi connectivity index (χ0) is 18.1. The number of aromatic nitrogens is 1. The number of piperidine rings is 1. The van der Waals surface area contributed by atoms with Crippen molar-refractivity contribution in [2.45, 2.75) is 25.7 Å². The highest BCUT2D eigenvalue weighted by Crippen LogP contribution is 2.33. The summed E-state index contributed by atoms with van der Waals surface area (Å²) in [7, 11) is 1.64. The third-order valence-electron chi connectivity index (χ3n) is 5.50. The minimum Gasteiger partial charge on any atom is -0.496 e. The van der Waals surface area contributed by atoms with Crippen molar-refractivity contribution in [3.8, 4) is 5.75 Å². The summed E-state index contributed by atoms with van der Waals surface area (Å²) in [5, 5.41) is 1.31. The predicted molar refractivity (Wildman–Crippen MR) is 104 cm³/mol. The number of aryl methyl sites for hydroxylation is 1. The van der Waals surface area contributed by atoms with Gasteiger partial charge in [-0.05, 0) is 55.0 Å². The fourth-order valence-electron chi connectivity index (χ4n) is 3.96. The van der Waals surface area contributed by atoms with Crippen molar-refractivity contribution in [1.29, 1.82) is 0 Å². The monoisotopic (exact) mass is 348 g/mol. The Labute approximate surface area is 153 Å². The third kappa shape index (κ3) is 2.96. The van der Waals surface area contributed by atoms with E-state index in [0.29, 0.717) is 11.5 Å². The van der Waals surface area contributed by atoms with Crippen LogP contribution in [0.2, 0.25) is 0 Å². The van der Waals surface area contributed by atoms with Gasteiger partial charge in [-0.3, -0.25) is 4.79 Å². The van der Waals surface area contributed by atoms with Crippen molar-refractivity contribution in [3.05, 3.63) is 65.4 Å². The van der Waals surface area contributed by atoms with Gasteiger partial charge in [-0.15, -0.1) is 0 Å². The zero-order valence-electron chi connectivity index (χ0n) is 15.3. The summed E-state index contributed by atoms with van der Waals surface area (Å²) in [4.78, 5) is 18.2. The van der Waals surface area contributed by atoms with Crippen LogP contribution in [0.5, 0.6) is 5.75 Å². The highest BCUT2D eigenvalue weighted by atomic mass is 16.5. The summed E-state index contributed by atoms with van der Waals surface area (Å²) in [6.45, 7) is 3.57. The number of H-pyrrole nitrogens is 1. The molecular formula is C22H24N2O2. The van der Waals surface area contributed by atoms with Crippen LogP contribution in [0.3, 0.4) is 0 Å². The lowest BCUT2D eigenvalue weighted by molar-refractivity contribution is 0.0713. The Bertz CT molecular complexity index is 936. The maximum absolute atomic E-state index is 12.8. The SMILES string of the molecule is COc1cc(C(=O)N2CCC(c3c[nH]c4ccccc34)CC2)ccc1C. The zero-order valence-corrected chi connectivity index (χ0v) is 15.3. The number of nitrogens with one attached hydrogen (secondary N) is 1. The first-order chi connectivity index (χ1) is 12.7. The van der Waals surface area contributed by atoms with Gasteiger partial charge in [0, 0.05) is 35.8 Å². The van der Waals surface area contributed by atoms with Crippen molar-refractivity contribution in [1.82, 2.24) is 9.88 Å². The van der Waals surface area contributed by atoms with E-state index >= 15 is 0 Å². The largest absolute Gasteiger partial charge is 0.496 e. The number of methoxy groups -OCH3 is 1. The maximum Gasteiger partial charge on any atom is 0.253 e. The van der Waals surface area contributed by atoms with E-state index in [1.807, 2.05) is 30.0 Å². The number of benzene rings is 2. The van der Waals surface area contributed by atoms with Crippen molar-refractivity contribution in [2.75, 3.05) is 20.2 Å². The van der Waals surface area contributed by atoms with Gasteiger partial charge < -0.3 is 14.6 Å². The summed E-state index contributed by atoms with van der Waals surface area (Å²) in [6.07, 6.45) is 4.13. The lowest BCUT2D eigenvalue weighted by atomic mass is 9.89. The van der Waals surface area contributed by atoms with E-state index < -0.39 is 0 Å². The number of hydrogen-bond donors (Lipinski definition) is 1. The highest BCUT2D eigenvalue weighted by molar-refractivity contribution is 5.95.